The van der Waals surface area contributed by atoms with Crippen LogP contribution < -0.4 is 9.80 Å². The SMILES string of the molecule is CC(C)c1cc(N2CC3(CCCN(c4nc(-c5cc(Cl)cc(Cl)c5)no4)C3)C2)ccn1. The van der Waals surface area contributed by atoms with Crippen molar-refractivity contribution in [3.05, 3.63) is 52.3 Å². The lowest BCUT2D eigenvalue weighted by Gasteiger charge is -2.55. The summed E-state index contributed by atoms with van der Waals surface area (Å²) in [6.45, 7) is 8.28. The first-order chi connectivity index (χ1) is 14.9. The first-order valence-corrected chi connectivity index (χ1v) is 11.4. The molecule has 2 fully saturated rings. The van der Waals surface area contributed by atoms with E-state index in [9.17, 15) is 0 Å². The summed E-state index contributed by atoms with van der Waals surface area (Å²) in [6, 6.07) is 10.2. The van der Waals surface area contributed by atoms with Crippen LogP contribution in [0.4, 0.5) is 11.7 Å². The highest BCUT2D eigenvalue weighted by molar-refractivity contribution is 6.35. The highest BCUT2D eigenvalue weighted by Gasteiger charge is 2.46. The van der Waals surface area contributed by atoms with E-state index in [4.69, 9.17) is 27.7 Å². The van der Waals surface area contributed by atoms with Crippen molar-refractivity contribution in [2.24, 2.45) is 5.41 Å². The van der Waals surface area contributed by atoms with E-state index in [-0.39, 0.29) is 5.41 Å². The zero-order valence-electron chi connectivity index (χ0n) is 17.7. The number of rotatable bonds is 4. The lowest BCUT2D eigenvalue weighted by Crippen LogP contribution is -2.63. The second kappa shape index (κ2) is 7.99. The average Bonchev–Trinajstić information content (AvgIpc) is 3.22. The molecule has 0 bridgehead atoms. The Morgan fingerprint density at radius 2 is 1.77 bits per heavy atom. The molecular weight excluding hydrogens is 433 g/mol. The fraction of sp³-hybridized carbons (Fsp3) is 0.435. The molecule has 6 nitrogen and oxygen atoms in total. The van der Waals surface area contributed by atoms with Crippen LogP contribution in [0.5, 0.6) is 0 Å². The van der Waals surface area contributed by atoms with Gasteiger partial charge >= 0.3 is 6.01 Å². The molecule has 5 rings (SSSR count). The second-order valence-electron chi connectivity index (χ2n) is 9.03. The van der Waals surface area contributed by atoms with Gasteiger partial charge in [0.05, 0.1) is 0 Å². The number of aromatic nitrogens is 3. The van der Waals surface area contributed by atoms with Crippen molar-refractivity contribution >= 4 is 34.9 Å². The van der Waals surface area contributed by atoms with Gasteiger partial charge in [0.15, 0.2) is 0 Å². The van der Waals surface area contributed by atoms with Crippen LogP contribution in [0.3, 0.4) is 0 Å². The molecule has 1 aromatic carbocycles. The molecule has 3 aromatic rings. The van der Waals surface area contributed by atoms with E-state index in [1.807, 2.05) is 6.20 Å². The Morgan fingerprint density at radius 1 is 1.03 bits per heavy atom. The smallest absolute Gasteiger partial charge is 0.324 e. The van der Waals surface area contributed by atoms with Crippen LogP contribution in [0.25, 0.3) is 11.4 Å². The van der Waals surface area contributed by atoms with Crippen LogP contribution in [0.1, 0.15) is 38.3 Å². The van der Waals surface area contributed by atoms with Crippen molar-refractivity contribution in [1.29, 1.82) is 0 Å². The van der Waals surface area contributed by atoms with E-state index < -0.39 is 0 Å². The van der Waals surface area contributed by atoms with E-state index >= 15 is 0 Å². The molecular formula is C23H25Cl2N5O. The largest absolute Gasteiger partial charge is 0.370 e. The van der Waals surface area contributed by atoms with E-state index in [1.54, 1.807) is 18.2 Å². The normalized spacial score (nSPS) is 18.0. The molecule has 2 aliphatic heterocycles. The Hall–Kier alpha value is -2.31. The van der Waals surface area contributed by atoms with Crippen LogP contribution in [-0.4, -0.2) is 41.3 Å². The van der Waals surface area contributed by atoms with Crippen LogP contribution >= 0.6 is 23.2 Å². The summed E-state index contributed by atoms with van der Waals surface area (Å²) in [5.74, 6) is 0.939. The molecule has 31 heavy (non-hydrogen) atoms. The maximum atomic E-state index is 6.12. The van der Waals surface area contributed by atoms with Gasteiger partial charge in [0.25, 0.3) is 0 Å². The summed E-state index contributed by atoms with van der Waals surface area (Å²) in [6.07, 6.45) is 4.25. The van der Waals surface area contributed by atoms with Crippen molar-refractivity contribution in [1.82, 2.24) is 15.1 Å². The highest BCUT2D eigenvalue weighted by atomic mass is 35.5. The second-order valence-corrected chi connectivity index (χ2v) is 9.91. The Kier molecular flexibility index (Phi) is 5.30. The van der Waals surface area contributed by atoms with Crippen LogP contribution in [0, 0.1) is 5.41 Å². The van der Waals surface area contributed by atoms with Gasteiger partial charge in [-0.05, 0) is 49.1 Å². The molecule has 2 aliphatic rings. The Labute approximate surface area is 192 Å². The number of hydrogen-bond donors (Lipinski definition) is 0. The minimum atomic E-state index is 0.257. The monoisotopic (exact) mass is 457 g/mol. The number of hydrogen-bond acceptors (Lipinski definition) is 6. The minimum Gasteiger partial charge on any atom is -0.370 e. The van der Waals surface area contributed by atoms with Crippen LogP contribution in [-0.2, 0) is 0 Å². The van der Waals surface area contributed by atoms with Gasteiger partial charge in [-0.15, -0.1) is 0 Å². The number of halogens is 2. The lowest BCUT2D eigenvalue weighted by molar-refractivity contribution is 0.169. The van der Waals surface area contributed by atoms with Crippen LogP contribution in [0.2, 0.25) is 10.0 Å². The molecule has 4 heterocycles. The summed E-state index contributed by atoms with van der Waals surface area (Å²) in [7, 11) is 0. The summed E-state index contributed by atoms with van der Waals surface area (Å²) >= 11 is 12.2. The summed E-state index contributed by atoms with van der Waals surface area (Å²) in [4.78, 5) is 13.8. The number of anilines is 2. The topological polar surface area (TPSA) is 58.3 Å². The first kappa shape index (κ1) is 20.6. The molecule has 8 heteroatoms. The van der Waals surface area contributed by atoms with Gasteiger partial charge in [-0.2, -0.15) is 4.98 Å². The molecule has 0 N–H and O–H groups in total. The first-order valence-electron chi connectivity index (χ1n) is 10.7. The minimum absolute atomic E-state index is 0.257. The number of benzene rings is 1. The third kappa shape index (κ3) is 4.11. The third-order valence-corrected chi connectivity index (χ3v) is 6.68. The quantitative estimate of drug-likeness (QED) is 0.502. The molecule has 0 radical (unpaired) electrons. The number of nitrogens with zero attached hydrogens (tertiary/aromatic N) is 5. The number of piperidine rings is 1. The molecule has 0 unspecified atom stereocenters. The molecule has 0 atom stereocenters. The predicted molar refractivity (Wildman–Crippen MR) is 124 cm³/mol. The Bertz CT molecular complexity index is 1070. The van der Waals surface area contributed by atoms with Gasteiger partial charge in [-0.1, -0.05) is 42.2 Å². The maximum Gasteiger partial charge on any atom is 0.324 e. The molecule has 2 saturated heterocycles. The molecule has 162 valence electrons. The zero-order valence-corrected chi connectivity index (χ0v) is 19.2. The van der Waals surface area contributed by atoms with Crippen molar-refractivity contribution in [2.45, 2.75) is 32.6 Å². The number of pyridine rings is 1. The Morgan fingerprint density at radius 3 is 2.52 bits per heavy atom. The van der Waals surface area contributed by atoms with E-state index in [2.05, 4.69) is 50.9 Å². The summed E-state index contributed by atoms with van der Waals surface area (Å²) in [5, 5.41) is 5.27. The van der Waals surface area contributed by atoms with Crippen molar-refractivity contribution < 1.29 is 4.52 Å². The van der Waals surface area contributed by atoms with Crippen molar-refractivity contribution in [3.8, 4) is 11.4 Å². The average molecular weight is 458 g/mol. The van der Waals surface area contributed by atoms with Gasteiger partial charge in [0.1, 0.15) is 0 Å². The standard InChI is InChI=1S/C23H25Cl2N5O/c1-15(2)20-11-19(4-6-26-20)30-13-23(14-30)5-3-7-29(12-23)22-27-21(28-31-22)16-8-17(24)10-18(25)9-16/h4,6,8-11,15H,3,5,7,12-14H2,1-2H3. The van der Waals surface area contributed by atoms with Gasteiger partial charge in [-0.25, -0.2) is 0 Å². The molecule has 0 amide bonds. The van der Waals surface area contributed by atoms with Gasteiger partial charge in [-0.3, -0.25) is 4.98 Å². The van der Waals surface area contributed by atoms with Gasteiger partial charge in [0.2, 0.25) is 5.82 Å². The van der Waals surface area contributed by atoms with Gasteiger partial charge < -0.3 is 14.3 Å². The highest BCUT2D eigenvalue weighted by Crippen LogP contribution is 2.42. The molecule has 2 aromatic heterocycles. The lowest BCUT2D eigenvalue weighted by atomic mass is 9.73. The van der Waals surface area contributed by atoms with E-state index in [1.165, 1.54) is 12.1 Å². The van der Waals surface area contributed by atoms with Gasteiger partial charge in [0, 0.05) is 64.8 Å². The maximum absolute atomic E-state index is 6.12. The fourth-order valence-electron chi connectivity index (χ4n) is 4.67. The molecule has 0 saturated carbocycles. The summed E-state index contributed by atoms with van der Waals surface area (Å²) < 4.78 is 5.61. The molecule has 0 aliphatic carbocycles. The van der Waals surface area contributed by atoms with Crippen molar-refractivity contribution in [2.75, 3.05) is 36.0 Å². The van der Waals surface area contributed by atoms with E-state index in [0.717, 1.165) is 43.9 Å². The fourth-order valence-corrected chi connectivity index (χ4v) is 5.19. The molecule has 1 spiro atoms. The zero-order chi connectivity index (χ0) is 21.6. The van der Waals surface area contributed by atoms with E-state index in [0.29, 0.717) is 27.8 Å². The summed E-state index contributed by atoms with van der Waals surface area (Å²) in [5.41, 5.74) is 3.42. The van der Waals surface area contributed by atoms with Crippen molar-refractivity contribution in [3.63, 3.8) is 0 Å². The predicted octanol–water partition coefficient (Wildman–Crippen LogP) is 5.67. The van der Waals surface area contributed by atoms with Crippen LogP contribution in [0.15, 0.2) is 41.1 Å². The third-order valence-electron chi connectivity index (χ3n) is 6.24. The Balaban J connectivity index is 1.29.